The van der Waals surface area contributed by atoms with Crippen LogP contribution in [-0.2, 0) is 47.0 Å². The number of carbonyl (C=O) groups is 4. The van der Waals surface area contributed by atoms with Crippen LogP contribution in [0.5, 0.6) is 0 Å². The van der Waals surface area contributed by atoms with Gasteiger partial charge in [0.1, 0.15) is 18.1 Å². The second-order valence-corrected chi connectivity index (χ2v) is 16.2. The van der Waals surface area contributed by atoms with Gasteiger partial charge >= 0.3 is 19.0 Å². The second kappa shape index (κ2) is 14.7. The lowest BCUT2D eigenvalue weighted by Gasteiger charge is -2.64. The number of halogens is 3. The summed E-state index contributed by atoms with van der Waals surface area (Å²) >= 11 is 0. The summed E-state index contributed by atoms with van der Waals surface area (Å²) < 4.78 is 53.2. The van der Waals surface area contributed by atoms with Crippen molar-refractivity contribution in [3.8, 4) is 0 Å². The molecule has 0 radical (unpaired) electrons. The first-order valence-electron chi connectivity index (χ1n) is 18.5. The van der Waals surface area contributed by atoms with E-state index >= 15 is 0 Å². The van der Waals surface area contributed by atoms with Crippen molar-refractivity contribution >= 4 is 30.7 Å². The van der Waals surface area contributed by atoms with E-state index < -0.39 is 72.2 Å². The highest BCUT2D eigenvalue weighted by atomic mass is 19.4. The molecule has 5 aliphatic rings. The van der Waals surface area contributed by atoms with Gasteiger partial charge in [0.15, 0.2) is 0 Å². The van der Waals surface area contributed by atoms with Crippen molar-refractivity contribution in [3.63, 3.8) is 0 Å². The Morgan fingerprint density at radius 1 is 0.889 bits per heavy atom. The Morgan fingerprint density at radius 2 is 1.57 bits per heavy atom. The summed E-state index contributed by atoms with van der Waals surface area (Å²) in [6, 6.07) is 11.2. The van der Waals surface area contributed by atoms with Gasteiger partial charge in [-0.25, -0.2) is 0 Å². The van der Waals surface area contributed by atoms with Crippen LogP contribution in [0, 0.1) is 23.2 Å². The Labute approximate surface area is 313 Å². The van der Waals surface area contributed by atoms with Gasteiger partial charge in [-0.3, -0.25) is 19.2 Å². The second-order valence-electron chi connectivity index (χ2n) is 16.2. The molecule has 2 bridgehead atoms. The zero-order valence-electron chi connectivity index (χ0n) is 31.3. The Kier molecular flexibility index (Phi) is 10.8. The zero-order chi connectivity index (χ0) is 39.2. The average molecular weight is 753 g/mol. The van der Waals surface area contributed by atoms with Gasteiger partial charge in [0.2, 0.25) is 23.6 Å². The molecule has 2 aromatic rings. The van der Waals surface area contributed by atoms with Crippen LogP contribution in [0.15, 0.2) is 64.8 Å². The van der Waals surface area contributed by atoms with E-state index in [1.165, 1.54) is 31.2 Å². The SMILES string of the molecule is CC(C)C(NC(=O)Cc1cccc(C2(C(F)(F)F)N=N2)c1)C(=O)NC(Cc1ccccc1)C(=O)N[C@@H](C)C(=O)NCB1O[C@@H]2CC3CC(C3(C)C)[C@]2(C)O1. The summed E-state index contributed by atoms with van der Waals surface area (Å²) in [5, 5.41) is 17.4. The van der Waals surface area contributed by atoms with Crippen LogP contribution in [-0.4, -0.2) is 73.2 Å². The molecule has 0 aromatic heterocycles. The van der Waals surface area contributed by atoms with Gasteiger partial charge in [0, 0.05) is 12.0 Å². The lowest BCUT2D eigenvalue weighted by Crippen LogP contribution is -2.65. The van der Waals surface area contributed by atoms with Crippen molar-refractivity contribution < 1.29 is 41.7 Å². The highest BCUT2D eigenvalue weighted by Crippen LogP contribution is 2.65. The molecule has 4 fully saturated rings. The maximum atomic E-state index is 13.7. The van der Waals surface area contributed by atoms with E-state index in [-0.39, 0.29) is 41.9 Å². The molecule has 2 aliphatic heterocycles. The van der Waals surface area contributed by atoms with Crippen molar-refractivity contribution in [2.24, 2.45) is 33.4 Å². The normalized spacial score (nSPS) is 26.1. The molecule has 3 aliphatic carbocycles. The molecule has 1 saturated heterocycles. The van der Waals surface area contributed by atoms with Crippen LogP contribution in [0.4, 0.5) is 13.2 Å². The van der Waals surface area contributed by atoms with Crippen LogP contribution in [0.3, 0.4) is 0 Å². The summed E-state index contributed by atoms with van der Waals surface area (Å²) in [7, 11) is -0.611. The first-order valence-corrected chi connectivity index (χ1v) is 18.5. The van der Waals surface area contributed by atoms with Crippen molar-refractivity contribution in [2.75, 3.05) is 6.44 Å². The third-order valence-electron chi connectivity index (χ3n) is 11.8. The van der Waals surface area contributed by atoms with Gasteiger partial charge in [-0.1, -0.05) is 82.3 Å². The monoisotopic (exact) mass is 752 g/mol. The van der Waals surface area contributed by atoms with E-state index in [0.29, 0.717) is 11.8 Å². The molecule has 7 atom stereocenters. The first-order chi connectivity index (χ1) is 25.3. The van der Waals surface area contributed by atoms with E-state index in [0.717, 1.165) is 18.4 Å². The van der Waals surface area contributed by atoms with Crippen LogP contribution in [0.1, 0.15) is 71.1 Å². The Bertz CT molecular complexity index is 1790. The fourth-order valence-electron chi connectivity index (χ4n) is 8.36. The van der Waals surface area contributed by atoms with Crippen LogP contribution in [0.25, 0.3) is 0 Å². The molecule has 7 rings (SSSR count). The topological polar surface area (TPSA) is 160 Å². The minimum atomic E-state index is -4.71. The molecule has 16 heteroatoms. The van der Waals surface area contributed by atoms with Crippen molar-refractivity contribution in [1.82, 2.24) is 21.3 Å². The maximum Gasteiger partial charge on any atom is 0.478 e. The quantitative estimate of drug-likeness (QED) is 0.212. The minimum Gasteiger partial charge on any atom is -0.404 e. The van der Waals surface area contributed by atoms with E-state index in [1.807, 2.05) is 6.07 Å². The average Bonchev–Trinajstić information content (AvgIpc) is 3.86. The number of rotatable bonds is 14. The standard InChI is InChI=1S/C38H48BF3N6O6/c1-21(2)31(46-30(49)17-24-13-10-14-25(15-24)37(47-48-37)38(40,41)42)34(52)45-27(16-23-11-8-7-9-12-23)33(51)44-22(3)32(50)43-20-39-53-29-19-26-18-28(35(26,4)5)36(29,6)54-39/h7-15,21-22,26-29,31H,16-20H2,1-6H3,(H,43,50)(H,44,51)(H,45,52)(H,46,49)/t22-,26?,27?,28?,29+,31?,36-/m0/s1. The molecule has 290 valence electrons. The van der Waals surface area contributed by atoms with Gasteiger partial charge in [-0.2, -0.15) is 13.2 Å². The number of hydrogen-bond acceptors (Lipinski definition) is 8. The Balaban J connectivity index is 1.05. The molecule has 2 aromatic carbocycles. The smallest absolute Gasteiger partial charge is 0.404 e. The first kappa shape index (κ1) is 39.4. The van der Waals surface area contributed by atoms with Crippen molar-refractivity contribution in [1.29, 1.82) is 0 Å². The van der Waals surface area contributed by atoms with Crippen LogP contribution in [0.2, 0.25) is 0 Å². The summed E-state index contributed by atoms with van der Waals surface area (Å²) in [6.45, 7) is 11.6. The number of amides is 4. The molecule has 54 heavy (non-hydrogen) atoms. The Morgan fingerprint density at radius 3 is 2.20 bits per heavy atom. The van der Waals surface area contributed by atoms with Gasteiger partial charge in [0.05, 0.1) is 24.6 Å². The molecule has 4 amide bonds. The largest absolute Gasteiger partial charge is 0.478 e. The third-order valence-corrected chi connectivity index (χ3v) is 11.8. The summed E-state index contributed by atoms with van der Waals surface area (Å²) in [4.78, 5) is 53.7. The molecule has 2 heterocycles. The van der Waals surface area contributed by atoms with Crippen LogP contribution < -0.4 is 21.3 Å². The number of nitrogens with zero attached hydrogens (tertiary/aromatic N) is 2. The van der Waals surface area contributed by atoms with E-state index in [4.69, 9.17) is 9.31 Å². The molecular formula is C38H48BF3N6O6. The number of carbonyl (C=O) groups excluding carboxylic acids is 4. The van der Waals surface area contributed by atoms with E-state index in [1.54, 1.807) is 38.1 Å². The number of hydrogen-bond donors (Lipinski definition) is 4. The fraction of sp³-hybridized carbons (Fsp3) is 0.579. The number of benzene rings is 2. The highest BCUT2D eigenvalue weighted by molar-refractivity contribution is 6.46. The molecule has 4 unspecified atom stereocenters. The molecule has 0 spiro atoms. The zero-order valence-corrected chi connectivity index (χ0v) is 31.3. The number of nitrogens with one attached hydrogen (secondary N) is 4. The third kappa shape index (κ3) is 7.77. The maximum absolute atomic E-state index is 13.7. The molecule has 12 nitrogen and oxygen atoms in total. The number of alkyl halides is 3. The fourth-order valence-corrected chi connectivity index (χ4v) is 8.36. The van der Waals surface area contributed by atoms with Gasteiger partial charge in [0.25, 0.3) is 0 Å². The van der Waals surface area contributed by atoms with Gasteiger partial charge in [-0.05, 0) is 61.0 Å². The van der Waals surface area contributed by atoms with Crippen molar-refractivity contribution in [2.45, 2.75) is 109 Å². The summed E-state index contributed by atoms with van der Waals surface area (Å²) in [5.41, 5.74) is -2.04. The molecule has 4 N–H and O–H groups in total. The van der Waals surface area contributed by atoms with Gasteiger partial charge < -0.3 is 30.6 Å². The van der Waals surface area contributed by atoms with Crippen molar-refractivity contribution in [3.05, 3.63) is 71.3 Å². The minimum absolute atomic E-state index is 0.0351. The summed E-state index contributed by atoms with van der Waals surface area (Å²) in [5.74, 6) is -1.77. The lowest BCUT2D eigenvalue weighted by atomic mass is 9.43. The van der Waals surface area contributed by atoms with E-state index in [2.05, 4.69) is 52.3 Å². The van der Waals surface area contributed by atoms with Gasteiger partial charge in [-0.15, -0.1) is 10.2 Å². The predicted molar refractivity (Wildman–Crippen MR) is 192 cm³/mol. The molecule has 3 saturated carbocycles. The van der Waals surface area contributed by atoms with E-state index in [9.17, 15) is 32.3 Å². The Hall–Kier alpha value is -4.31. The lowest BCUT2D eigenvalue weighted by molar-refractivity contribution is -0.199. The molecular weight excluding hydrogens is 704 g/mol. The van der Waals surface area contributed by atoms with Crippen LogP contribution >= 0.6 is 0 Å². The summed E-state index contributed by atoms with van der Waals surface area (Å²) in [6.07, 6.45) is -2.83. The predicted octanol–water partition coefficient (Wildman–Crippen LogP) is 4.17. The highest BCUT2D eigenvalue weighted by Gasteiger charge is 2.68.